The van der Waals surface area contributed by atoms with Crippen molar-refractivity contribution in [3.05, 3.63) is 54.0 Å². The van der Waals surface area contributed by atoms with E-state index >= 15 is 0 Å². The number of hydrogen-bond donors (Lipinski definition) is 1. The van der Waals surface area contributed by atoms with Crippen molar-refractivity contribution in [1.82, 2.24) is 34.8 Å². The molecule has 8 nitrogen and oxygen atoms in total. The van der Waals surface area contributed by atoms with Gasteiger partial charge in [0, 0.05) is 30.1 Å². The SMILES string of the molecule is Cc1c(C(C)NC(=O)c2ccnc(-n3cncn3)c2)cnn1C. The quantitative estimate of drug-likeness (QED) is 0.781. The summed E-state index contributed by atoms with van der Waals surface area (Å²) in [6.45, 7) is 3.90. The van der Waals surface area contributed by atoms with E-state index in [0.717, 1.165) is 11.3 Å². The Morgan fingerprint density at radius 1 is 1.35 bits per heavy atom. The van der Waals surface area contributed by atoms with Crippen molar-refractivity contribution in [2.45, 2.75) is 19.9 Å². The van der Waals surface area contributed by atoms with Gasteiger partial charge in [0.2, 0.25) is 0 Å². The summed E-state index contributed by atoms with van der Waals surface area (Å²) in [5.41, 5.74) is 2.53. The standard InChI is InChI=1S/C15H17N7O/c1-10(13-7-18-21(3)11(13)2)20-15(23)12-4-5-17-14(6-12)22-9-16-8-19-22/h4-10H,1-3H3,(H,20,23). The van der Waals surface area contributed by atoms with Crippen LogP contribution in [0.1, 0.15) is 34.6 Å². The van der Waals surface area contributed by atoms with Crippen LogP contribution in [-0.2, 0) is 7.05 Å². The van der Waals surface area contributed by atoms with E-state index in [-0.39, 0.29) is 11.9 Å². The van der Waals surface area contributed by atoms with Crippen LogP contribution >= 0.6 is 0 Å². The zero-order chi connectivity index (χ0) is 16.4. The number of carbonyl (C=O) groups excluding carboxylic acids is 1. The maximum Gasteiger partial charge on any atom is 0.251 e. The van der Waals surface area contributed by atoms with E-state index in [1.807, 2.05) is 20.9 Å². The predicted octanol–water partition coefficient (Wildman–Crippen LogP) is 1.20. The van der Waals surface area contributed by atoms with Gasteiger partial charge >= 0.3 is 0 Å². The molecular weight excluding hydrogens is 294 g/mol. The Morgan fingerprint density at radius 2 is 2.17 bits per heavy atom. The molecule has 3 aromatic heterocycles. The van der Waals surface area contributed by atoms with E-state index in [0.29, 0.717) is 11.4 Å². The number of aromatic nitrogens is 6. The molecule has 0 aliphatic rings. The van der Waals surface area contributed by atoms with Crippen molar-refractivity contribution >= 4 is 5.91 Å². The third-order valence-electron chi connectivity index (χ3n) is 3.75. The highest BCUT2D eigenvalue weighted by Crippen LogP contribution is 2.17. The van der Waals surface area contributed by atoms with Crippen molar-refractivity contribution in [3.8, 4) is 5.82 Å². The number of amides is 1. The lowest BCUT2D eigenvalue weighted by molar-refractivity contribution is 0.0939. The third kappa shape index (κ3) is 2.96. The van der Waals surface area contributed by atoms with E-state index in [9.17, 15) is 4.79 Å². The van der Waals surface area contributed by atoms with E-state index in [1.54, 1.807) is 29.2 Å². The van der Waals surface area contributed by atoms with Crippen molar-refractivity contribution < 1.29 is 4.79 Å². The molecule has 0 aliphatic heterocycles. The van der Waals surface area contributed by atoms with Crippen LogP contribution < -0.4 is 5.32 Å². The van der Waals surface area contributed by atoms with Crippen LogP contribution in [0.5, 0.6) is 0 Å². The molecule has 0 spiro atoms. The Hall–Kier alpha value is -3.03. The summed E-state index contributed by atoms with van der Waals surface area (Å²) >= 11 is 0. The Balaban J connectivity index is 1.78. The molecule has 1 unspecified atom stereocenters. The maximum atomic E-state index is 12.5. The molecule has 0 saturated carbocycles. The first-order valence-corrected chi connectivity index (χ1v) is 7.16. The zero-order valence-corrected chi connectivity index (χ0v) is 13.1. The fourth-order valence-corrected chi connectivity index (χ4v) is 2.31. The van der Waals surface area contributed by atoms with Gasteiger partial charge in [-0.15, -0.1) is 0 Å². The first-order chi connectivity index (χ1) is 11.1. The summed E-state index contributed by atoms with van der Waals surface area (Å²) in [4.78, 5) is 20.5. The fourth-order valence-electron chi connectivity index (χ4n) is 2.31. The van der Waals surface area contributed by atoms with Gasteiger partial charge in [-0.3, -0.25) is 9.48 Å². The topological polar surface area (TPSA) is 90.5 Å². The van der Waals surface area contributed by atoms with Crippen molar-refractivity contribution in [2.24, 2.45) is 7.05 Å². The number of rotatable bonds is 4. The summed E-state index contributed by atoms with van der Waals surface area (Å²) in [5, 5.41) is 11.2. The van der Waals surface area contributed by atoms with E-state index in [1.165, 1.54) is 17.3 Å². The molecule has 3 heterocycles. The second-order valence-electron chi connectivity index (χ2n) is 5.25. The lowest BCUT2D eigenvalue weighted by Gasteiger charge is -2.14. The summed E-state index contributed by atoms with van der Waals surface area (Å²) in [6, 6.07) is 3.20. The number of pyridine rings is 1. The predicted molar refractivity (Wildman–Crippen MR) is 83.0 cm³/mol. The van der Waals surface area contributed by atoms with Crippen LogP contribution in [0, 0.1) is 6.92 Å². The van der Waals surface area contributed by atoms with Crippen LogP contribution in [0.2, 0.25) is 0 Å². The van der Waals surface area contributed by atoms with E-state index in [2.05, 4.69) is 25.5 Å². The lowest BCUT2D eigenvalue weighted by atomic mass is 10.1. The van der Waals surface area contributed by atoms with Crippen LogP contribution in [0.4, 0.5) is 0 Å². The van der Waals surface area contributed by atoms with Gasteiger partial charge in [0.25, 0.3) is 5.91 Å². The van der Waals surface area contributed by atoms with E-state index < -0.39 is 0 Å². The van der Waals surface area contributed by atoms with Crippen LogP contribution in [0.25, 0.3) is 5.82 Å². The lowest BCUT2D eigenvalue weighted by Crippen LogP contribution is -2.27. The minimum atomic E-state index is -0.176. The average molecular weight is 311 g/mol. The molecule has 0 bridgehead atoms. The third-order valence-corrected chi connectivity index (χ3v) is 3.75. The Labute approximate surface area is 133 Å². The highest BCUT2D eigenvalue weighted by molar-refractivity contribution is 5.94. The first kappa shape index (κ1) is 14.9. The average Bonchev–Trinajstić information content (AvgIpc) is 3.19. The minimum absolute atomic E-state index is 0.140. The van der Waals surface area contributed by atoms with Gasteiger partial charge in [0.15, 0.2) is 5.82 Å². The van der Waals surface area contributed by atoms with E-state index in [4.69, 9.17) is 0 Å². The second kappa shape index (κ2) is 5.99. The first-order valence-electron chi connectivity index (χ1n) is 7.16. The number of nitrogens with one attached hydrogen (secondary N) is 1. The second-order valence-corrected chi connectivity index (χ2v) is 5.25. The Kier molecular flexibility index (Phi) is 3.88. The molecule has 8 heteroatoms. The summed E-state index contributed by atoms with van der Waals surface area (Å²) < 4.78 is 3.29. The molecule has 3 rings (SSSR count). The molecule has 3 aromatic rings. The zero-order valence-electron chi connectivity index (χ0n) is 13.1. The molecular formula is C15H17N7O. The smallest absolute Gasteiger partial charge is 0.251 e. The number of carbonyl (C=O) groups is 1. The molecule has 0 saturated heterocycles. The molecule has 1 N–H and O–H groups in total. The van der Waals surface area contributed by atoms with Crippen LogP contribution in [0.15, 0.2) is 37.2 Å². The molecule has 23 heavy (non-hydrogen) atoms. The van der Waals surface area contributed by atoms with Gasteiger partial charge in [0.05, 0.1) is 12.2 Å². The molecule has 1 atom stereocenters. The van der Waals surface area contributed by atoms with Crippen molar-refractivity contribution in [2.75, 3.05) is 0 Å². The van der Waals surface area contributed by atoms with Crippen LogP contribution in [0.3, 0.4) is 0 Å². The Bertz CT molecular complexity index is 822. The summed E-state index contributed by atoms with van der Waals surface area (Å²) in [7, 11) is 1.88. The Morgan fingerprint density at radius 3 is 2.83 bits per heavy atom. The van der Waals surface area contributed by atoms with Gasteiger partial charge < -0.3 is 5.32 Å². The summed E-state index contributed by atoms with van der Waals surface area (Å²) in [6.07, 6.45) is 6.30. The van der Waals surface area contributed by atoms with Gasteiger partial charge in [0.1, 0.15) is 12.7 Å². The molecule has 0 aromatic carbocycles. The van der Waals surface area contributed by atoms with Gasteiger partial charge in [-0.1, -0.05) is 0 Å². The van der Waals surface area contributed by atoms with Gasteiger partial charge in [-0.05, 0) is 26.0 Å². The highest BCUT2D eigenvalue weighted by atomic mass is 16.1. The van der Waals surface area contributed by atoms with Gasteiger partial charge in [-0.25, -0.2) is 14.6 Å². The van der Waals surface area contributed by atoms with Crippen LogP contribution in [-0.4, -0.2) is 35.4 Å². The number of nitrogens with zero attached hydrogens (tertiary/aromatic N) is 6. The van der Waals surface area contributed by atoms with Gasteiger partial charge in [-0.2, -0.15) is 10.2 Å². The number of hydrogen-bond acceptors (Lipinski definition) is 5. The molecule has 0 radical (unpaired) electrons. The molecule has 0 fully saturated rings. The fraction of sp³-hybridized carbons (Fsp3) is 0.267. The largest absolute Gasteiger partial charge is 0.345 e. The monoisotopic (exact) mass is 311 g/mol. The molecule has 118 valence electrons. The summed E-state index contributed by atoms with van der Waals surface area (Å²) in [5.74, 6) is 0.366. The normalized spacial score (nSPS) is 12.1. The van der Waals surface area contributed by atoms with Crippen molar-refractivity contribution in [3.63, 3.8) is 0 Å². The number of aryl methyl sites for hydroxylation is 1. The van der Waals surface area contributed by atoms with Crippen molar-refractivity contribution in [1.29, 1.82) is 0 Å². The highest BCUT2D eigenvalue weighted by Gasteiger charge is 2.16. The maximum absolute atomic E-state index is 12.5. The molecule has 0 aliphatic carbocycles. The molecule has 1 amide bonds. The minimum Gasteiger partial charge on any atom is -0.345 e.